The number of unbranched alkanes of at least 4 members (excludes halogenated alkanes) is 2. The van der Waals surface area contributed by atoms with Crippen LogP contribution in [0.3, 0.4) is 0 Å². The van der Waals surface area contributed by atoms with Crippen LogP contribution in [0.15, 0.2) is 28.3 Å². The molecule has 0 unspecified atom stereocenters. The molecular weight excluding hydrogens is 202 g/mol. The summed E-state index contributed by atoms with van der Waals surface area (Å²) in [6.45, 7) is 6.00. The van der Waals surface area contributed by atoms with Crippen LogP contribution < -0.4 is 11.5 Å². The third-order valence-corrected chi connectivity index (χ3v) is 2.21. The highest BCUT2D eigenvalue weighted by Gasteiger charge is 1.98. The lowest BCUT2D eigenvalue weighted by Gasteiger charge is -2.00. The fraction of sp³-hybridized carbons (Fsp3) is 0.500. The molecule has 16 heavy (non-hydrogen) atoms. The van der Waals surface area contributed by atoms with Crippen molar-refractivity contribution < 1.29 is 4.79 Å². The monoisotopic (exact) mass is 223 g/mol. The first kappa shape index (κ1) is 14.4. The Hall–Kier alpha value is -1.58. The van der Waals surface area contributed by atoms with Crippen molar-refractivity contribution in [1.82, 2.24) is 0 Å². The average molecular weight is 223 g/mol. The van der Waals surface area contributed by atoms with Crippen molar-refractivity contribution in [2.75, 3.05) is 0 Å². The Morgan fingerprint density at radius 3 is 2.38 bits per heavy atom. The van der Waals surface area contributed by atoms with Crippen LogP contribution in [0.5, 0.6) is 0 Å². The Bertz CT molecular complexity index is 323. The van der Waals surface area contributed by atoms with Gasteiger partial charge < -0.3 is 11.5 Å². The third-order valence-electron chi connectivity index (χ3n) is 2.21. The zero-order chi connectivity index (χ0) is 12.6. The topological polar surface area (TPSA) is 81.5 Å². The molecule has 0 fully saturated rings. The van der Waals surface area contributed by atoms with Gasteiger partial charge in [-0.3, -0.25) is 4.79 Å². The molecule has 0 radical (unpaired) electrons. The summed E-state index contributed by atoms with van der Waals surface area (Å²) in [7, 11) is 0. The number of nitrogens with two attached hydrogens (primary N) is 2. The number of carbonyl (C=O) groups excluding carboxylic acids is 1. The molecule has 0 aromatic heterocycles. The Morgan fingerprint density at radius 2 is 1.88 bits per heavy atom. The van der Waals surface area contributed by atoms with Gasteiger partial charge in [-0.1, -0.05) is 31.4 Å². The summed E-state index contributed by atoms with van der Waals surface area (Å²) in [5, 5.41) is 0. The number of nitrogens with zero attached hydrogens (tertiary/aromatic N) is 1. The van der Waals surface area contributed by atoms with E-state index in [1.165, 1.54) is 12.5 Å². The molecule has 4 N–H and O–H groups in total. The Kier molecular flexibility index (Phi) is 6.92. The molecule has 1 amide bonds. The molecule has 0 saturated heterocycles. The minimum Gasteiger partial charge on any atom is -0.370 e. The van der Waals surface area contributed by atoms with Crippen molar-refractivity contribution in [3.63, 3.8) is 0 Å². The predicted molar refractivity (Wildman–Crippen MR) is 67.9 cm³/mol. The van der Waals surface area contributed by atoms with Gasteiger partial charge in [0, 0.05) is 6.08 Å². The smallest absolute Gasteiger partial charge is 0.273 e. The van der Waals surface area contributed by atoms with Gasteiger partial charge in [0.05, 0.1) is 0 Å². The molecule has 0 heterocycles. The van der Waals surface area contributed by atoms with E-state index in [9.17, 15) is 4.79 Å². The fourth-order valence-corrected chi connectivity index (χ4v) is 1.14. The minimum absolute atomic E-state index is 0.207. The summed E-state index contributed by atoms with van der Waals surface area (Å²) in [6, 6.07) is 0. The zero-order valence-electron chi connectivity index (χ0n) is 10.3. The molecule has 0 aromatic rings. The maximum atomic E-state index is 11.2. The SMILES string of the molecule is CCCC/C=C(C)/C(C)=C/C(=O)N=C(N)N. The van der Waals surface area contributed by atoms with Crippen molar-refractivity contribution >= 4 is 11.9 Å². The van der Waals surface area contributed by atoms with Crippen LogP contribution >= 0.6 is 0 Å². The van der Waals surface area contributed by atoms with E-state index in [4.69, 9.17) is 11.5 Å². The number of rotatable bonds is 5. The number of allylic oxidation sites excluding steroid dienone is 3. The van der Waals surface area contributed by atoms with Crippen LogP contribution in [0.4, 0.5) is 0 Å². The van der Waals surface area contributed by atoms with E-state index in [2.05, 4.69) is 18.0 Å². The standard InChI is InChI=1S/C12H21N3O/c1-4-5-6-7-9(2)10(3)8-11(16)15-12(13)14/h7-8H,4-6H2,1-3H3,(H4,13,14,15,16)/b9-7+,10-8+. The zero-order valence-corrected chi connectivity index (χ0v) is 10.3. The number of amides is 1. The number of carbonyl (C=O) groups is 1. The van der Waals surface area contributed by atoms with Crippen molar-refractivity contribution in [2.45, 2.75) is 40.0 Å². The normalized spacial score (nSPS) is 12.4. The van der Waals surface area contributed by atoms with Crippen LogP contribution in [0, 0.1) is 0 Å². The maximum absolute atomic E-state index is 11.2. The minimum atomic E-state index is -0.416. The van der Waals surface area contributed by atoms with Gasteiger partial charge in [-0.05, 0) is 25.8 Å². The highest BCUT2D eigenvalue weighted by Crippen LogP contribution is 2.10. The largest absolute Gasteiger partial charge is 0.370 e. The Labute approximate surface area is 97.1 Å². The molecule has 0 aliphatic rings. The number of aliphatic imine (C=N–C) groups is 1. The van der Waals surface area contributed by atoms with Gasteiger partial charge in [0.25, 0.3) is 5.91 Å². The molecule has 0 aromatic carbocycles. The van der Waals surface area contributed by atoms with Gasteiger partial charge in [-0.15, -0.1) is 0 Å². The van der Waals surface area contributed by atoms with Gasteiger partial charge in [-0.25, -0.2) is 0 Å². The highest BCUT2D eigenvalue weighted by molar-refractivity contribution is 5.98. The second-order valence-electron chi connectivity index (χ2n) is 3.73. The summed E-state index contributed by atoms with van der Waals surface area (Å²) in [4.78, 5) is 14.7. The van der Waals surface area contributed by atoms with Crippen LogP contribution in [-0.2, 0) is 4.79 Å². The van der Waals surface area contributed by atoms with Crippen molar-refractivity contribution in [3.05, 3.63) is 23.3 Å². The quantitative estimate of drug-likeness (QED) is 0.245. The van der Waals surface area contributed by atoms with Gasteiger partial charge in [-0.2, -0.15) is 4.99 Å². The van der Waals surface area contributed by atoms with E-state index in [1.807, 2.05) is 13.8 Å². The molecule has 0 saturated carbocycles. The maximum Gasteiger partial charge on any atom is 0.273 e. The first-order valence-electron chi connectivity index (χ1n) is 5.46. The fourth-order valence-electron chi connectivity index (χ4n) is 1.14. The summed E-state index contributed by atoms with van der Waals surface area (Å²) in [5.74, 6) is -0.623. The van der Waals surface area contributed by atoms with E-state index in [1.54, 1.807) is 0 Å². The molecule has 0 spiro atoms. The second-order valence-corrected chi connectivity index (χ2v) is 3.73. The van der Waals surface area contributed by atoms with E-state index >= 15 is 0 Å². The summed E-state index contributed by atoms with van der Waals surface area (Å²) in [6.07, 6.45) is 6.92. The lowest BCUT2D eigenvalue weighted by molar-refractivity contribution is -0.113. The molecular formula is C12H21N3O. The molecule has 0 aliphatic carbocycles. The molecule has 0 atom stereocenters. The molecule has 0 bridgehead atoms. The van der Waals surface area contributed by atoms with Gasteiger partial charge >= 0.3 is 0 Å². The Morgan fingerprint density at radius 1 is 1.25 bits per heavy atom. The molecule has 0 aliphatic heterocycles. The lowest BCUT2D eigenvalue weighted by Crippen LogP contribution is -2.23. The highest BCUT2D eigenvalue weighted by atomic mass is 16.1. The first-order chi connectivity index (χ1) is 7.47. The number of hydrogen-bond donors (Lipinski definition) is 2. The molecule has 0 rings (SSSR count). The van der Waals surface area contributed by atoms with Crippen molar-refractivity contribution in [2.24, 2.45) is 16.5 Å². The predicted octanol–water partition coefficient (Wildman–Crippen LogP) is 1.87. The summed E-state index contributed by atoms with van der Waals surface area (Å²) >= 11 is 0. The van der Waals surface area contributed by atoms with Gasteiger partial charge in [0.15, 0.2) is 5.96 Å². The summed E-state index contributed by atoms with van der Waals surface area (Å²) in [5.41, 5.74) is 12.2. The van der Waals surface area contributed by atoms with Gasteiger partial charge in [0.2, 0.25) is 0 Å². The van der Waals surface area contributed by atoms with Crippen LogP contribution in [0.1, 0.15) is 40.0 Å². The molecule has 4 nitrogen and oxygen atoms in total. The van der Waals surface area contributed by atoms with Crippen LogP contribution in [0.2, 0.25) is 0 Å². The second kappa shape index (κ2) is 7.68. The molecule has 90 valence electrons. The third kappa shape index (κ3) is 6.81. The lowest BCUT2D eigenvalue weighted by atomic mass is 10.1. The number of guanidine groups is 1. The summed E-state index contributed by atoms with van der Waals surface area (Å²) < 4.78 is 0. The van der Waals surface area contributed by atoms with Crippen LogP contribution in [-0.4, -0.2) is 11.9 Å². The van der Waals surface area contributed by atoms with Crippen LogP contribution in [0.25, 0.3) is 0 Å². The average Bonchev–Trinajstić information content (AvgIpc) is 2.16. The van der Waals surface area contributed by atoms with Gasteiger partial charge in [0.1, 0.15) is 0 Å². The first-order valence-corrected chi connectivity index (χ1v) is 5.46. The van der Waals surface area contributed by atoms with E-state index in [-0.39, 0.29) is 5.96 Å². The van der Waals surface area contributed by atoms with E-state index < -0.39 is 5.91 Å². The van der Waals surface area contributed by atoms with Crippen molar-refractivity contribution in [1.29, 1.82) is 0 Å². The molecule has 4 heteroatoms. The number of hydrogen-bond acceptors (Lipinski definition) is 1. The van der Waals surface area contributed by atoms with Crippen molar-refractivity contribution in [3.8, 4) is 0 Å². The Balaban J connectivity index is 4.47. The van der Waals surface area contributed by atoms with E-state index in [0.29, 0.717) is 0 Å². The van der Waals surface area contributed by atoms with E-state index in [0.717, 1.165) is 24.0 Å².